The number of rotatable bonds is 10. The molecule has 3 rings (SSSR count). The lowest BCUT2D eigenvalue weighted by atomic mass is 10.1. The second-order valence-corrected chi connectivity index (χ2v) is 8.13. The maximum Gasteiger partial charge on any atom is 0.316 e. The summed E-state index contributed by atoms with van der Waals surface area (Å²) in [5.74, 6) is -0.245. The number of thioether (sulfide) groups is 1. The predicted octanol–water partition coefficient (Wildman–Crippen LogP) is 2.48. The third kappa shape index (κ3) is 6.85. The SMILES string of the molecule is Cc1ccc(CCC(=O)NCCOC(=O)CSc2nnnn2C2CCCC2)cc1. The van der Waals surface area contributed by atoms with E-state index in [-0.39, 0.29) is 24.2 Å². The summed E-state index contributed by atoms with van der Waals surface area (Å²) in [7, 11) is 0. The minimum atomic E-state index is -0.343. The lowest BCUT2D eigenvalue weighted by molar-refractivity contribution is -0.140. The first-order chi connectivity index (χ1) is 14.1. The Morgan fingerprint density at radius 3 is 2.76 bits per heavy atom. The molecule has 0 atom stereocenters. The summed E-state index contributed by atoms with van der Waals surface area (Å²) in [6.07, 6.45) is 5.63. The van der Waals surface area contributed by atoms with E-state index in [1.54, 1.807) is 0 Å². The van der Waals surface area contributed by atoms with E-state index in [2.05, 4.69) is 20.8 Å². The van der Waals surface area contributed by atoms with Crippen LogP contribution >= 0.6 is 11.8 Å². The van der Waals surface area contributed by atoms with Crippen molar-refractivity contribution in [1.29, 1.82) is 0 Å². The van der Waals surface area contributed by atoms with Gasteiger partial charge in [0.2, 0.25) is 11.1 Å². The summed E-state index contributed by atoms with van der Waals surface area (Å²) in [6, 6.07) is 8.48. The fourth-order valence-electron chi connectivity index (χ4n) is 3.28. The van der Waals surface area contributed by atoms with Gasteiger partial charge in [-0.1, -0.05) is 54.4 Å². The fourth-order valence-corrected chi connectivity index (χ4v) is 4.02. The number of aromatic nitrogens is 4. The van der Waals surface area contributed by atoms with E-state index in [1.165, 1.54) is 30.2 Å². The molecule has 0 spiro atoms. The number of carbonyl (C=O) groups excluding carboxylic acids is 2. The van der Waals surface area contributed by atoms with Gasteiger partial charge in [-0.2, -0.15) is 0 Å². The quantitative estimate of drug-likeness (QED) is 0.360. The number of benzene rings is 1. The van der Waals surface area contributed by atoms with E-state index in [1.807, 2.05) is 35.9 Å². The van der Waals surface area contributed by atoms with Crippen molar-refractivity contribution < 1.29 is 14.3 Å². The maximum absolute atomic E-state index is 11.9. The van der Waals surface area contributed by atoms with Crippen LogP contribution in [0, 0.1) is 6.92 Å². The predicted molar refractivity (Wildman–Crippen MR) is 110 cm³/mol. The highest BCUT2D eigenvalue weighted by molar-refractivity contribution is 7.99. The summed E-state index contributed by atoms with van der Waals surface area (Å²) < 4.78 is 7.00. The molecule has 1 saturated carbocycles. The van der Waals surface area contributed by atoms with Gasteiger partial charge in [-0.25, -0.2) is 4.68 Å². The van der Waals surface area contributed by atoms with Gasteiger partial charge in [-0.3, -0.25) is 9.59 Å². The molecule has 0 unspecified atom stereocenters. The Morgan fingerprint density at radius 1 is 1.24 bits per heavy atom. The molecule has 1 fully saturated rings. The highest BCUT2D eigenvalue weighted by atomic mass is 32.2. The molecule has 1 aromatic heterocycles. The van der Waals surface area contributed by atoms with E-state index < -0.39 is 0 Å². The van der Waals surface area contributed by atoms with Crippen LogP contribution in [0.4, 0.5) is 0 Å². The number of hydrogen-bond acceptors (Lipinski definition) is 7. The van der Waals surface area contributed by atoms with Crippen LogP contribution in [-0.2, 0) is 20.7 Å². The third-order valence-corrected chi connectivity index (χ3v) is 5.81. The van der Waals surface area contributed by atoms with Gasteiger partial charge in [0, 0.05) is 6.42 Å². The van der Waals surface area contributed by atoms with Crippen LogP contribution in [0.2, 0.25) is 0 Å². The summed E-state index contributed by atoms with van der Waals surface area (Å²) in [5.41, 5.74) is 2.34. The molecule has 1 amide bonds. The average Bonchev–Trinajstić information content (AvgIpc) is 3.40. The Hall–Kier alpha value is -2.42. The van der Waals surface area contributed by atoms with Gasteiger partial charge in [0.1, 0.15) is 6.61 Å². The van der Waals surface area contributed by atoms with Crippen molar-refractivity contribution in [3.63, 3.8) is 0 Å². The highest BCUT2D eigenvalue weighted by Gasteiger charge is 2.22. The van der Waals surface area contributed by atoms with Crippen LogP contribution in [0.25, 0.3) is 0 Å². The van der Waals surface area contributed by atoms with Crippen LogP contribution in [-0.4, -0.2) is 51.0 Å². The topological polar surface area (TPSA) is 99.0 Å². The Morgan fingerprint density at radius 2 is 2.00 bits per heavy atom. The first kappa shape index (κ1) is 21.3. The lowest BCUT2D eigenvalue weighted by Gasteiger charge is -2.10. The molecule has 0 bridgehead atoms. The minimum absolute atomic E-state index is 0.0493. The largest absolute Gasteiger partial charge is 0.463 e. The summed E-state index contributed by atoms with van der Waals surface area (Å²) in [6.45, 7) is 2.50. The standard InChI is InChI=1S/C20H27N5O3S/c1-15-6-8-16(9-7-15)10-11-18(26)21-12-13-28-19(27)14-29-20-22-23-24-25(20)17-4-2-3-5-17/h6-9,17H,2-5,10-14H2,1H3,(H,21,26). The van der Waals surface area contributed by atoms with Gasteiger partial charge < -0.3 is 10.1 Å². The van der Waals surface area contributed by atoms with E-state index in [0.29, 0.717) is 30.6 Å². The van der Waals surface area contributed by atoms with Crippen LogP contribution in [0.3, 0.4) is 0 Å². The molecular weight excluding hydrogens is 390 g/mol. The molecule has 0 aliphatic heterocycles. The van der Waals surface area contributed by atoms with Crippen LogP contribution < -0.4 is 5.32 Å². The number of amides is 1. The molecule has 0 saturated heterocycles. The molecule has 29 heavy (non-hydrogen) atoms. The Bertz CT molecular complexity index is 803. The monoisotopic (exact) mass is 417 g/mol. The molecule has 8 nitrogen and oxygen atoms in total. The molecule has 9 heteroatoms. The first-order valence-corrected chi connectivity index (χ1v) is 11.0. The third-order valence-electron chi connectivity index (χ3n) is 4.90. The number of aryl methyl sites for hydroxylation is 2. The van der Waals surface area contributed by atoms with Gasteiger partial charge >= 0.3 is 5.97 Å². The molecular formula is C20H27N5O3S. The zero-order valence-corrected chi connectivity index (χ0v) is 17.5. The normalized spacial score (nSPS) is 14.1. The molecule has 1 heterocycles. The Balaban J connectivity index is 1.28. The number of ether oxygens (including phenoxy) is 1. The zero-order chi connectivity index (χ0) is 20.5. The van der Waals surface area contributed by atoms with Crippen molar-refractivity contribution in [3.05, 3.63) is 35.4 Å². The number of hydrogen-bond donors (Lipinski definition) is 1. The van der Waals surface area contributed by atoms with Crippen molar-refractivity contribution in [2.24, 2.45) is 0 Å². The van der Waals surface area contributed by atoms with Crippen LogP contribution in [0.5, 0.6) is 0 Å². The van der Waals surface area contributed by atoms with E-state index in [4.69, 9.17) is 4.74 Å². The number of nitrogens with zero attached hydrogens (tertiary/aromatic N) is 4. The number of tetrazole rings is 1. The lowest BCUT2D eigenvalue weighted by Crippen LogP contribution is -2.28. The molecule has 1 aliphatic rings. The van der Waals surface area contributed by atoms with Gasteiger partial charge in [0.05, 0.1) is 18.3 Å². The average molecular weight is 418 g/mol. The van der Waals surface area contributed by atoms with Crippen molar-refractivity contribution >= 4 is 23.6 Å². The van der Waals surface area contributed by atoms with E-state index in [9.17, 15) is 9.59 Å². The van der Waals surface area contributed by atoms with Gasteiger partial charge in [0.15, 0.2) is 0 Å². The van der Waals surface area contributed by atoms with Gasteiger partial charge in [-0.15, -0.1) is 5.10 Å². The Kier molecular flexibility index (Phi) is 8.03. The van der Waals surface area contributed by atoms with Gasteiger partial charge in [-0.05, 0) is 42.2 Å². The van der Waals surface area contributed by atoms with E-state index >= 15 is 0 Å². The molecule has 1 aliphatic carbocycles. The van der Waals surface area contributed by atoms with Gasteiger partial charge in [0.25, 0.3) is 0 Å². The first-order valence-electron chi connectivity index (χ1n) is 10.0. The second kappa shape index (κ2) is 10.9. The zero-order valence-electron chi connectivity index (χ0n) is 16.7. The summed E-state index contributed by atoms with van der Waals surface area (Å²) >= 11 is 1.28. The smallest absolute Gasteiger partial charge is 0.316 e. The number of nitrogens with one attached hydrogen (secondary N) is 1. The highest BCUT2D eigenvalue weighted by Crippen LogP contribution is 2.31. The van der Waals surface area contributed by atoms with Crippen molar-refractivity contribution in [2.45, 2.75) is 56.6 Å². The van der Waals surface area contributed by atoms with E-state index in [0.717, 1.165) is 18.4 Å². The summed E-state index contributed by atoms with van der Waals surface area (Å²) in [4.78, 5) is 23.8. The number of esters is 1. The number of carbonyl (C=O) groups is 2. The summed E-state index contributed by atoms with van der Waals surface area (Å²) in [5, 5.41) is 15.2. The maximum atomic E-state index is 11.9. The fraction of sp³-hybridized carbons (Fsp3) is 0.550. The molecule has 1 aromatic carbocycles. The van der Waals surface area contributed by atoms with Crippen molar-refractivity contribution in [3.8, 4) is 0 Å². The Labute approximate surface area is 174 Å². The molecule has 156 valence electrons. The molecule has 0 radical (unpaired) electrons. The van der Waals surface area contributed by atoms with Crippen molar-refractivity contribution in [1.82, 2.24) is 25.5 Å². The van der Waals surface area contributed by atoms with Crippen molar-refractivity contribution in [2.75, 3.05) is 18.9 Å². The van der Waals surface area contributed by atoms with Crippen LogP contribution in [0.15, 0.2) is 29.4 Å². The molecule has 1 N–H and O–H groups in total. The second-order valence-electron chi connectivity index (χ2n) is 7.19. The van der Waals surface area contributed by atoms with Crippen LogP contribution in [0.1, 0.15) is 49.3 Å². The molecule has 2 aromatic rings. The minimum Gasteiger partial charge on any atom is -0.463 e.